The van der Waals surface area contributed by atoms with Crippen molar-refractivity contribution in [2.75, 3.05) is 17.6 Å². The molecule has 2 aromatic rings. The van der Waals surface area contributed by atoms with E-state index in [1.54, 1.807) is 0 Å². The third-order valence-electron chi connectivity index (χ3n) is 2.55. The molecule has 14 heavy (non-hydrogen) atoms. The lowest BCUT2D eigenvalue weighted by Gasteiger charge is -2.19. The molecule has 1 aliphatic heterocycles. The van der Waals surface area contributed by atoms with E-state index in [9.17, 15) is 0 Å². The Morgan fingerprint density at radius 3 is 3.00 bits per heavy atom. The quantitative estimate of drug-likeness (QED) is 0.701. The van der Waals surface area contributed by atoms with E-state index < -0.39 is 0 Å². The van der Waals surface area contributed by atoms with Crippen molar-refractivity contribution in [3.8, 4) is 0 Å². The molecule has 0 radical (unpaired) electrons. The predicted octanol–water partition coefficient (Wildman–Crippen LogP) is 3.36. The van der Waals surface area contributed by atoms with Gasteiger partial charge in [0.1, 0.15) is 0 Å². The molecular weight excluding hydrogens is 190 g/mol. The average molecular weight is 201 g/mol. The zero-order chi connectivity index (χ0) is 9.38. The summed E-state index contributed by atoms with van der Waals surface area (Å²) in [4.78, 5) is 1.38. The van der Waals surface area contributed by atoms with E-state index in [2.05, 4.69) is 41.7 Å². The second-order valence-electron chi connectivity index (χ2n) is 3.44. The van der Waals surface area contributed by atoms with Gasteiger partial charge < -0.3 is 5.32 Å². The van der Waals surface area contributed by atoms with Crippen LogP contribution in [0.25, 0.3) is 10.8 Å². The third-order valence-corrected chi connectivity index (χ3v) is 3.61. The molecule has 1 aliphatic rings. The van der Waals surface area contributed by atoms with Crippen LogP contribution in [0.2, 0.25) is 0 Å². The molecule has 0 spiro atoms. The Hall–Kier alpha value is -1.15. The number of rotatable bonds is 0. The van der Waals surface area contributed by atoms with Gasteiger partial charge in [-0.1, -0.05) is 30.3 Å². The summed E-state index contributed by atoms with van der Waals surface area (Å²) in [5.41, 5.74) is 1.32. The van der Waals surface area contributed by atoms with Gasteiger partial charge in [-0.25, -0.2) is 0 Å². The number of nitrogens with one attached hydrogen (secondary N) is 1. The number of hydrogen-bond donors (Lipinski definition) is 1. The maximum Gasteiger partial charge on any atom is 0.0558 e. The highest BCUT2D eigenvalue weighted by molar-refractivity contribution is 7.99. The first-order chi connectivity index (χ1) is 6.95. The van der Waals surface area contributed by atoms with E-state index in [0.29, 0.717) is 0 Å². The summed E-state index contributed by atoms with van der Waals surface area (Å²) < 4.78 is 0. The normalized spacial score (nSPS) is 14.9. The third kappa shape index (κ3) is 1.18. The zero-order valence-electron chi connectivity index (χ0n) is 7.79. The molecule has 1 heterocycles. The van der Waals surface area contributed by atoms with E-state index in [0.717, 1.165) is 6.54 Å². The van der Waals surface area contributed by atoms with Crippen molar-refractivity contribution >= 4 is 28.2 Å². The van der Waals surface area contributed by atoms with E-state index >= 15 is 0 Å². The number of hydrogen-bond acceptors (Lipinski definition) is 2. The minimum Gasteiger partial charge on any atom is -0.383 e. The van der Waals surface area contributed by atoms with Crippen molar-refractivity contribution < 1.29 is 0 Å². The van der Waals surface area contributed by atoms with Crippen LogP contribution in [0.5, 0.6) is 0 Å². The first-order valence-electron chi connectivity index (χ1n) is 4.83. The highest BCUT2D eigenvalue weighted by Crippen LogP contribution is 2.36. The monoisotopic (exact) mass is 201 g/mol. The van der Waals surface area contributed by atoms with Gasteiger partial charge in [0, 0.05) is 22.6 Å². The summed E-state index contributed by atoms with van der Waals surface area (Å²) in [5.74, 6) is 1.17. The fourth-order valence-electron chi connectivity index (χ4n) is 1.89. The minimum atomic E-state index is 1.08. The fourth-order valence-corrected chi connectivity index (χ4v) is 2.81. The molecule has 0 saturated carbocycles. The van der Waals surface area contributed by atoms with Gasteiger partial charge in [0.25, 0.3) is 0 Å². The zero-order valence-corrected chi connectivity index (χ0v) is 8.60. The number of benzene rings is 2. The molecule has 0 atom stereocenters. The molecule has 0 bridgehead atoms. The van der Waals surface area contributed by atoms with Crippen molar-refractivity contribution in [2.24, 2.45) is 0 Å². The Morgan fingerprint density at radius 2 is 2.00 bits per heavy atom. The molecule has 1 nitrogen and oxygen atoms in total. The molecule has 1 N–H and O–H groups in total. The van der Waals surface area contributed by atoms with Gasteiger partial charge in [-0.15, -0.1) is 11.8 Å². The molecule has 0 aromatic heterocycles. The van der Waals surface area contributed by atoms with Crippen LogP contribution in [0.3, 0.4) is 0 Å². The maximum absolute atomic E-state index is 3.48. The maximum atomic E-state index is 3.48. The summed E-state index contributed by atoms with van der Waals surface area (Å²) in [6.45, 7) is 1.08. The summed E-state index contributed by atoms with van der Waals surface area (Å²) in [5, 5.41) is 6.15. The molecule has 70 valence electrons. The van der Waals surface area contributed by atoms with Crippen LogP contribution in [0.15, 0.2) is 41.3 Å². The highest BCUT2D eigenvalue weighted by Gasteiger charge is 2.11. The van der Waals surface area contributed by atoms with Crippen LogP contribution in [0, 0.1) is 0 Å². The first-order valence-corrected chi connectivity index (χ1v) is 5.82. The van der Waals surface area contributed by atoms with Gasteiger partial charge in [0.05, 0.1) is 5.69 Å². The summed E-state index contributed by atoms with van der Waals surface area (Å²) in [6.07, 6.45) is 0. The van der Waals surface area contributed by atoms with Gasteiger partial charge in [0.15, 0.2) is 0 Å². The van der Waals surface area contributed by atoms with Gasteiger partial charge in [-0.2, -0.15) is 0 Å². The summed E-state index contributed by atoms with van der Waals surface area (Å²) in [6, 6.07) is 13.0. The van der Waals surface area contributed by atoms with Gasteiger partial charge in [-0.3, -0.25) is 0 Å². The van der Waals surface area contributed by atoms with Crippen LogP contribution >= 0.6 is 11.8 Å². The molecule has 0 unspecified atom stereocenters. The van der Waals surface area contributed by atoms with Crippen molar-refractivity contribution in [1.82, 2.24) is 0 Å². The van der Waals surface area contributed by atoms with E-state index in [1.165, 1.54) is 27.1 Å². The van der Waals surface area contributed by atoms with E-state index in [4.69, 9.17) is 0 Å². The van der Waals surface area contributed by atoms with Crippen LogP contribution in [-0.2, 0) is 0 Å². The van der Waals surface area contributed by atoms with Gasteiger partial charge in [0.2, 0.25) is 0 Å². The Morgan fingerprint density at radius 1 is 1.07 bits per heavy atom. The molecule has 0 aliphatic carbocycles. The van der Waals surface area contributed by atoms with Gasteiger partial charge >= 0.3 is 0 Å². The smallest absolute Gasteiger partial charge is 0.0558 e. The standard InChI is InChI=1S/C12H11NS/c1-2-4-10-9(3-1)5-6-11-12(10)13-7-8-14-11/h1-6,13H,7-8H2. The van der Waals surface area contributed by atoms with Crippen molar-refractivity contribution in [2.45, 2.75) is 4.90 Å². The van der Waals surface area contributed by atoms with Crippen LogP contribution in [0.1, 0.15) is 0 Å². The molecule has 0 saturated heterocycles. The molecule has 0 fully saturated rings. The number of anilines is 1. The second-order valence-corrected chi connectivity index (χ2v) is 4.57. The highest BCUT2D eigenvalue weighted by atomic mass is 32.2. The summed E-state index contributed by atoms with van der Waals surface area (Å²) in [7, 11) is 0. The van der Waals surface area contributed by atoms with Gasteiger partial charge in [-0.05, 0) is 11.5 Å². The lowest BCUT2D eigenvalue weighted by atomic mass is 10.1. The SMILES string of the molecule is c1ccc2c3c(ccc2c1)SCCN3. The Kier molecular flexibility index (Phi) is 1.88. The molecule has 2 aromatic carbocycles. The predicted molar refractivity (Wildman–Crippen MR) is 63.2 cm³/mol. The van der Waals surface area contributed by atoms with Crippen LogP contribution < -0.4 is 5.32 Å². The summed E-state index contributed by atoms with van der Waals surface area (Å²) >= 11 is 1.94. The molecular formula is C12H11NS. The average Bonchev–Trinajstić information content (AvgIpc) is 2.29. The molecule has 0 amide bonds. The Bertz CT molecular complexity index is 479. The lowest BCUT2D eigenvalue weighted by molar-refractivity contribution is 1.18. The lowest BCUT2D eigenvalue weighted by Crippen LogP contribution is -2.10. The van der Waals surface area contributed by atoms with Crippen LogP contribution in [-0.4, -0.2) is 12.3 Å². The number of thioether (sulfide) groups is 1. The molecule has 2 heteroatoms. The second kappa shape index (κ2) is 3.21. The van der Waals surface area contributed by atoms with E-state index in [1.807, 2.05) is 11.8 Å². The van der Waals surface area contributed by atoms with E-state index in [-0.39, 0.29) is 0 Å². The van der Waals surface area contributed by atoms with Crippen molar-refractivity contribution in [1.29, 1.82) is 0 Å². The topological polar surface area (TPSA) is 12.0 Å². The van der Waals surface area contributed by atoms with Crippen molar-refractivity contribution in [3.63, 3.8) is 0 Å². The Labute approximate surface area is 87.5 Å². The Balaban J connectivity index is 2.34. The van der Waals surface area contributed by atoms with Crippen LogP contribution in [0.4, 0.5) is 5.69 Å². The largest absolute Gasteiger partial charge is 0.383 e. The fraction of sp³-hybridized carbons (Fsp3) is 0.167. The molecule has 3 rings (SSSR count). The first kappa shape index (κ1) is 8.18. The minimum absolute atomic E-state index is 1.08. The number of fused-ring (bicyclic) bond motifs is 3. The van der Waals surface area contributed by atoms with Crippen molar-refractivity contribution in [3.05, 3.63) is 36.4 Å².